The van der Waals surface area contributed by atoms with E-state index in [4.69, 9.17) is 0 Å². The topological polar surface area (TPSA) is 60.9 Å². The van der Waals surface area contributed by atoms with Crippen LogP contribution in [0.3, 0.4) is 0 Å². The number of para-hydroxylation sites is 1. The third-order valence-electron chi connectivity index (χ3n) is 6.52. The number of likely N-dealkylation sites (tertiary alicyclic amines) is 1. The highest BCUT2D eigenvalue weighted by Gasteiger charge is 2.52. The standard InChI is InChI=1S/C22H29N3O3/c1-15-12-16(2)14-23(13-15)19(26)9-11-24-21(28)17-6-4-5-7-18(17)25-20(27)8-10-22(24,25)3/h4-7,15-16H,8-14H2,1-3H3. The average Bonchev–Trinajstić information content (AvgIpc) is 2.96. The van der Waals surface area contributed by atoms with Gasteiger partial charge in [0.05, 0.1) is 11.3 Å². The van der Waals surface area contributed by atoms with Gasteiger partial charge in [-0.1, -0.05) is 26.0 Å². The van der Waals surface area contributed by atoms with Crippen molar-refractivity contribution in [3.05, 3.63) is 29.8 Å². The summed E-state index contributed by atoms with van der Waals surface area (Å²) in [6.07, 6.45) is 2.47. The molecule has 2 fully saturated rings. The Balaban J connectivity index is 1.55. The van der Waals surface area contributed by atoms with Crippen LogP contribution in [0.25, 0.3) is 0 Å². The van der Waals surface area contributed by atoms with Gasteiger partial charge in [0.1, 0.15) is 5.66 Å². The number of hydrogen-bond donors (Lipinski definition) is 0. The number of carbonyl (C=O) groups is 3. The second-order valence-corrected chi connectivity index (χ2v) is 8.91. The smallest absolute Gasteiger partial charge is 0.257 e. The molecule has 3 amide bonds. The molecule has 3 aliphatic heterocycles. The van der Waals surface area contributed by atoms with Crippen molar-refractivity contribution in [2.24, 2.45) is 11.8 Å². The quantitative estimate of drug-likeness (QED) is 0.806. The number of nitrogens with zero attached hydrogens (tertiary/aromatic N) is 3. The molecule has 0 N–H and O–H groups in total. The van der Waals surface area contributed by atoms with Crippen molar-refractivity contribution in [1.29, 1.82) is 0 Å². The SMILES string of the molecule is CC1CC(C)CN(C(=O)CCN2C(=O)c3ccccc3N3C(=O)CCC23C)C1. The van der Waals surface area contributed by atoms with Crippen LogP contribution >= 0.6 is 0 Å². The Morgan fingerprint density at radius 3 is 2.54 bits per heavy atom. The summed E-state index contributed by atoms with van der Waals surface area (Å²) >= 11 is 0. The highest BCUT2D eigenvalue weighted by molar-refractivity contribution is 6.10. The van der Waals surface area contributed by atoms with E-state index >= 15 is 0 Å². The van der Waals surface area contributed by atoms with Crippen molar-refractivity contribution in [2.75, 3.05) is 24.5 Å². The monoisotopic (exact) mass is 383 g/mol. The van der Waals surface area contributed by atoms with Crippen molar-refractivity contribution >= 4 is 23.4 Å². The maximum Gasteiger partial charge on any atom is 0.257 e. The zero-order valence-electron chi connectivity index (χ0n) is 17.0. The van der Waals surface area contributed by atoms with E-state index in [9.17, 15) is 14.4 Å². The van der Waals surface area contributed by atoms with Crippen LogP contribution in [-0.4, -0.2) is 52.8 Å². The first-order chi connectivity index (χ1) is 13.3. The van der Waals surface area contributed by atoms with Crippen molar-refractivity contribution < 1.29 is 14.4 Å². The molecule has 4 rings (SSSR count). The Bertz CT molecular complexity index is 813. The van der Waals surface area contributed by atoms with Crippen LogP contribution in [0.15, 0.2) is 24.3 Å². The minimum atomic E-state index is -0.689. The van der Waals surface area contributed by atoms with Crippen LogP contribution in [-0.2, 0) is 9.59 Å². The van der Waals surface area contributed by atoms with E-state index in [1.807, 2.05) is 30.0 Å². The van der Waals surface area contributed by atoms with Crippen molar-refractivity contribution in [1.82, 2.24) is 9.80 Å². The second kappa shape index (κ2) is 6.90. The van der Waals surface area contributed by atoms with Gasteiger partial charge in [-0.15, -0.1) is 0 Å². The number of hydrogen-bond acceptors (Lipinski definition) is 3. The molecule has 0 aromatic heterocycles. The fourth-order valence-corrected chi connectivity index (χ4v) is 5.27. The maximum absolute atomic E-state index is 13.2. The number of amides is 3. The number of fused-ring (bicyclic) bond motifs is 3. The van der Waals surface area contributed by atoms with Gasteiger partial charge in [-0.05, 0) is 43.7 Å². The summed E-state index contributed by atoms with van der Waals surface area (Å²) in [5, 5.41) is 0. The molecule has 0 radical (unpaired) electrons. The maximum atomic E-state index is 13.2. The van der Waals surface area contributed by atoms with E-state index in [0.29, 0.717) is 48.9 Å². The van der Waals surface area contributed by atoms with Crippen molar-refractivity contribution in [3.8, 4) is 0 Å². The highest BCUT2D eigenvalue weighted by Crippen LogP contribution is 2.44. The van der Waals surface area contributed by atoms with Gasteiger partial charge in [0, 0.05) is 32.5 Å². The Kier molecular flexibility index (Phi) is 4.68. The summed E-state index contributed by atoms with van der Waals surface area (Å²) in [6, 6.07) is 7.29. The molecule has 150 valence electrons. The molecular weight excluding hydrogens is 354 g/mol. The highest BCUT2D eigenvalue weighted by atomic mass is 16.2. The van der Waals surface area contributed by atoms with Crippen LogP contribution in [0.4, 0.5) is 5.69 Å². The molecular formula is C22H29N3O3. The van der Waals surface area contributed by atoms with Gasteiger partial charge >= 0.3 is 0 Å². The molecule has 3 atom stereocenters. The van der Waals surface area contributed by atoms with Gasteiger partial charge in [-0.2, -0.15) is 0 Å². The fourth-order valence-electron chi connectivity index (χ4n) is 5.27. The predicted molar refractivity (Wildman–Crippen MR) is 107 cm³/mol. The number of rotatable bonds is 3. The summed E-state index contributed by atoms with van der Waals surface area (Å²) < 4.78 is 0. The second-order valence-electron chi connectivity index (χ2n) is 8.91. The average molecular weight is 383 g/mol. The molecule has 0 saturated carbocycles. The molecule has 0 bridgehead atoms. The fraction of sp³-hybridized carbons (Fsp3) is 0.591. The Morgan fingerprint density at radius 1 is 1.14 bits per heavy atom. The summed E-state index contributed by atoms with van der Waals surface area (Å²) in [4.78, 5) is 44.1. The van der Waals surface area contributed by atoms with Gasteiger partial charge in [0.25, 0.3) is 5.91 Å². The van der Waals surface area contributed by atoms with E-state index in [1.54, 1.807) is 15.9 Å². The van der Waals surface area contributed by atoms with E-state index in [0.717, 1.165) is 19.5 Å². The largest absolute Gasteiger partial charge is 0.342 e. The van der Waals surface area contributed by atoms with Crippen molar-refractivity contribution in [3.63, 3.8) is 0 Å². The molecule has 0 spiro atoms. The normalized spacial score (nSPS) is 29.8. The molecule has 3 unspecified atom stereocenters. The van der Waals surface area contributed by atoms with Gasteiger partial charge < -0.3 is 9.80 Å². The molecule has 1 aromatic rings. The Morgan fingerprint density at radius 2 is 1.82 bits per heavy atom. The van der Waals surface area contributed by atoms with Crippen molar-refractivity contribution in [2.45, 2.75) is 52.1 Å². The Hall–Kier alpha value is -2.37. The predicted octanol–water partition coefficient (Wildman–Crippen LogP) is 2.88. The van der Waals surface area contributed by atoms with Gasteiger partial charge in [-0.3, -0.25) is 19.3 Å². The molecule has 2 saturated heterocycles. The lowest BCUT2D eigenvalue weighted by molar-refractivity contribution is -0.134. The summed E-state index contributed by atoms with van der Waals surface area (Å²) in [7, 11) is 0. The van der Waals surface area contributed by atoms with Crippen LogP contribution < -0.4 is 4.90 Å². The van der Waals surface area contributed by atoms with Gasteiger partial charge in [0.2, 0.25) is 11.8 Å². The van der Waals surface area contributed by atoms with Crippen LogP contribution in [0.1, 0.15) is 56.8 Å². The van der Waals surface area contributed by atoms with Crippen LogP contribution in [0.2, 0.25) is 0 Å². The zero-order chi connectivity index (χ0) is 20.1. The molecule has 3 aliphatic rings. The van der Waals surface area contributed by atoms with Crippen LogP contribution in [0, 0.1) is 11.8 Å². The molecule has 0 aliphatic carbocycles. The molecule has 6 heteroatoms. The summed E-state index contributed by atoms with van der Waals surface area (Å²) in [5.41, 5.74) is 0.548. The van der Waals surface area contributed by atoms with E-state index < -0.39 is 5.66 Å². The lowest BCUT2D eigenvalue weighted by Crippen LogP contribution is -2.62. The molecule has 6 nitrogen and oxygen atoms in total. The molecule has 28 heavy (non-hydrogen) atoms. The molecule has 3 heterocycles. The minimum Gasteiger partial charge on any atom is -0.342 e. The van der Waals surface area contributed by atoms with E-state index in [2.05, 4.69) is 13.8 Å². The lowest BCUT2D eigenvalue weighted by Gasteiger charge is -2.48. The number of piperidine rings is 1. The molecule has 1 aromatic carbocycles. The summed E-state index contributed by atoms with van der Waals surface area (Å²) in [6.45, 7) is 8.24. The van der Waals surface area contributed by atoms with E-state index in [1.165, 1.54) is 0 Å². The van der Waals surface area contributed by atoms with Gasteiger partial charge in [-0.25, -0.2) is 0 Å². The number of benzene rings is 1. The number of carbonyl (C=O) groups excluding carboxylic acids is 3. The van der Waals surface area contributed by atoms with Crippen LogP contribution in [0.5, 0.6) is 0 Å². The Labute approximate surface area is 166 Å². The zero-order valence-corrected chi connectivity index (χ0v) is 17.0. The van der Waals surface area contributed by atoms with Gasteiger partial charge in [0.15, 0.2) is 0 Å². The first-order valence-electron chi connectivity index (χ1n) is 10.3. The number of anilines is 1. The summed E-state index contributed by atoms with van der Waals surface area (Å²) in [5.74, 6) is 1.08. The first-order valence-corrected chi connectivity index (χ1v) is 10.3. The first kappa shape index (κ1) is 19.0. The minimum absolute atomic E-state index is 0.0393. The third-order valence-corrected chi connectivity index (χ3v) is 6.52. The lowest BCUT2D eigenvalue weighted by atomic mass is 9.91. The van der Waals surface area contributed by atoms with E-state index in [-0.39, 0.29) is 17.7 Å². The third kappa shape index (κ3) is 2.99.